The minimum absolute atomic E-state index is 0.419. The van der Waals surface area contributed by atoms with Crippen molar-refractivity contribution in [3.8, 4) is 17.2 Å². The van der Waals surface area contributed by atoms with E-state index in [4.69, 9.17) is 32.4 Å². The van der Waals surface area contributed by atoms with E-state index in [1.54, 1.807) is 12.1 Å². The number of hydrogen-bond donors (Lipinski definition) is 1. The van der Waals surface area contributed by atoms with Gasteiger partial charge in [-0.15, -0.1) is 0 Å². The van der Waals surface area contributed by atoms with E-state index in [0.717, 1.165) is 28.9 Å². The van der Waals surface area contributed by atoms with Crippen molar-refractivity contribution in [1.82, 2.24) is 4.98 Å². The summed E-state index contributed by atoms with van der Waals surface area (Å²) in [7, 11) is 1.53. The minimum atomic E-state index is 0.419. The van der Waals surface area contributed by atoms with Crippen LogP contribution in [0.25, 0.3) is 22.6 Å². The van der Waals surface area contributed by atoms with Crippen molar-refractivity contribution in [1.29, 1.82) is 0 Å². The molecule has 0 spiro atoms. The zero-order valence-electron chi connectivity index (χ0n) is 13.0. The molecule has 1 N–H and O–H groups in total. The van der Waals surface area contributed by atoms with Crippen molar-refractivity contribution >= 4 is 40.0 Å². The van der Waals surface area contributed by atoms with Crippen LogP contribution in [0, 0.1) is 6.92 Å². The zero-order valence-corrected chi connectivity index (χ0v) is 14.5. The largest absolute Gasteiger partial charge is 0.494 e. The fourth-order valence-electron chi connectivity index (χ4n) is 2.51. The Balaban J connectivity index is 2.12. The highest BCUT2D eigenvalue weighted by atomic mass is 35.5. The van der Waals surface area contributed by atoms with Crippen LogP contribution in [0.5, 0.6) is 5.75 Å². The van der Waals surface area contributed by atoms with Crippen LogP contribution in [-0.4, -0.2) is 18.6 Å². The first-order valence-corrected chi connectivity index (χ1v) is 7.97. The number of nitrogens with zero attached hydrogens (tertiary/aromatic N) is 1. The number of fused-ring (bicyclic) bond motifs is 1. The highest BCUT2D eigenvalue weighted by Crippen LogP contribution is 2.38. The summed E-state index contributed by atoms with van der Waals surface area (Å²) >= 11 is 12.4. The number of nitrogens with one attached hydrogen (secondary N) is 1. The molecule has 0 unspecified atom stereocenters. The van der Waals surface area contributed by atoms with Crippen LogP contribution in [-0.2, 0) is 0 Å². The zero-order chi connectivity index (χ0) is 16.6. The van der Waals surface area contributed by atoms with E-state index in [1.165, 1.54) is 7.11 Å². The number of aryl methyl sites for hydroxylation is 1. The number of hydrogen-bond acceptors (Lipinski definition) is 4. The molecule has 0 saturated carbocycles. The van der Waals surface area contributed by atoms with Crippen molar-refractivity contribution in [3.63, 3.8) is 0 Å². The van der Waals surface area contributed by atoms with Crippen LogP contribution in [0.1, 0.15) is 12.5 Å². The van der Waals surface area contributed by atoms with Crippen molar-refractivity contribution in [3.05, 3.63) is 39.9 Å². The van der Waals surface area contributed by atoms with Crippen LogP contribution in [0.2, 0.25) is 10.0 Å². The van der Waals surface area contributed by atoms with Crippen LogP contribution in [0.4, 0.5) is 5.69 Å². The summed E-state index contributed by atoms with van der Waals surface area (Å²) in [5.41, 5.74) is 4.29. The Morgan fingerprint density at radius 2 is 1.87 bits per heavy atom. The fourth-order valence-corrected chi connectivity index (χ4v) is 3.15. The first-order chi connectivity index (χ1) is 11.0. The molecule has 0 bridgehead atoms. The molecule has 6 heteroatoms. The second-order valence-electron chi connectivity index (χ2n) is 5.16. The quantitative estimate of drug-likeness (QED) is 0.669. The summed E-state index contributed by atoms with van der Waals surface area (Å²) in [6.45, 7) is 4.89. The molecule has 3 rings (SSSR count). The Hall–Kier alpha value is -1.91. The molecule has 0 aliphatic rings. The number of rotatable bonds is 4. The molecule has 0 amide bonds. The molecule has 1 aromatic heterocycles. The van der Waals surface area contributed by atoms with Gasteiger partial charge in [-0.2, -0.15) is 0 Å². The number of oxazole rings is 1. The maximum Gasteiger partial charge on any atom is 0.227 e. The monoisotopic (exact) mass is 350 g/mol. The van der Waals surface area contributed by atoms with Gasteiger partial charge in [0.25, 0.3) is 0 Å². The Labute approximate surface area is 144 Å². The highest BCUT2D eigenvalue weighted by molar-refractivity contribution is 6.37. The van der Waals surface area contributed by atoms with Crippen LogP contribution < -0.4 is 10.1 Å². The first-order valence-electron chi connectivity index (χ1n) is 7.22. The smallest absolute Gasteiger partial charge is 0.227 e. The molecular formula is C17H16Cl2N2O2. The van der Waals surface area contributed by atoms with E-state index in [0.29, 0.717) is 27.2 Å². The first kappa shape index (κ1) is 16.0. The van der Waals surface area contributed by atoms with Gasteiger partial charge in [-0.25, -0.2) is 4.98 Å². The Morgan fingerprint density at radius 1 is 1.17 bits per heavy atom. The van der Waals surface area contributed by atoms with E-state index >= 15 is 0 Å². The molecule has 0 saturated heterocycles. The van der Waals surface area contributed by atoms with E-state index in [2.05, 4.69) is 17.2 Å². The Morgan fingerprint density at radius 3 is 2.48 bits per heavy atom. The van der Waals surface area contributed by atoms with Gasteiger partial charge in [0.15, 0.2) is 11.3 Å². The lowest BCUT2D eigenvalue weighted by molar-refractivity contribution is 0.415. The summed E-state index contributed by atoms with van der Waals surface area (Å²) in [6.07, 6.45) is 0. The van der Waals surface area contributed by atoms with E-state index < -0.39 is 0 Å². The van der Waals surface area contributed by atoms with Crippen molar-refractivity contribution in [2.45, 2.75) is 13.8 Å². The van der Waals surface area contributed by atoms with E-state index in [1.807, 2.05) is 19.1 Å². The molecule has 0 atom stereocenters. The second-order valence-corrected chi connectivity index (χ2v) is 5.98. The van der Waals surface area contributed by atoms with Gasteiger partial charge in [-0.3, -0.25) is 0 Å². The average Bonchev–Trinajstić information content (AvgIpc) is 2.92. The van der Waals surface area contributed by atoms with Gasteiger partial charge in [0.2, 0.25) is 5.89 Å². The van der Waals surface area contributed by atoms with Crippen molar-refractivity contribution < 1.29 is 9.15 Å². The molecule has 4 nitrogen and oxygen atoms in total. The molecule has 2 aromatic carbocycles. The van der Waals surface area contributed by atoms with Crippen molar-refractivity contribution in [2.24, 2.45) is 0 Å². The summed E-state index contributed by atoms with van der Waals surface area (Å²) in [4.78, 5) is 4.56. The fraction of sp³-hybridized carbons (Fsp3) is 0.235. The van der Waals surface area contributed by atoms with E-state index in [9.17, 15) is 0 Å². The number of benzene rings is 2. The molecule has 0 aliphatic heterocycles. The lowest BCUT2D eigenvalue weighted by Crippen LogP contribution is -1.96. The Kier molecular flexibility index (Phi) is 4.37. The van der Waals surface area contributed by atoms with Gasteiger partial charge >= 0.3 is 0 Å². The maximum absolute atomic E-state index is 6.19. The van der Waals surface area contributed by atoms with Crippen LogP contribution >= 0.6 is 23.2 Å². The predicted octanol–water partition coefficient (Wildman–Crippen LogP) is 5.55. The van der Waals surface area contributed by atoms with Crippen LogP contribution in [0.3, 0.4) is 0 Å². The maximum atomic E-state index is 6.19. The van der Waals surface area contributed by atoms with Gasteiger partial charge in [0.1, 0.15) is 5.52 Å². The molecular weight excluding hydrogens is 335 g/mol. The number of methoxy groups -OCH3 is 1. The summed E-state index contributed by atoms with van der Waals surface area (Å²) in [5.74, 6) is 0.919. The second kappa shape index (κ2) is 6.30. The standard InChI is InChI=1S/C17H16Cl2N2O2/c1-4-20-11-5-9(2)15-14(8-11)21-17(23-15)10-6-12(18)16(22-3)13(19)7-10/h5-8,20H,4H2,1-3H3. The van der Waals surface area contributed by atoms with Crippen LogP contribution in [0.15, 0.2) is 28.7 Å². The molecule has 1 heterocycles. The lowest BCUT2D eigenvalue weighted by atomic mass is 10.2. The summed E-state index contributed by atoms with van der Waals surface area (Å²) in [6, 6.07) is 7.47. The summed E-state index contributed by atoms with van der Waals surface area (Å²) < 4.78 is 11.1. The van der Waals surface area contributed by atoms with Gasteiger partial charge < -0.3 is 14.5 Å². The van der Waals surface area contributed by atoms with Gasteiger partial charge in [-0.05, 0) is 43.7 Å². The molecule has 0 fully saturated rings. The number of anilines is 1. The van der Waals surface area contributed by atoms with Gasteiger partial charge in [-0.1, -0.05) is 23.2 Å². The molecule has 23 heavy (non-hydrogen) atoms. The highest BCUT2D eigenvalue weighted by Gasteiger charge is 2.15. The third-order valence-electron chi connectivity index (χ3n) is 3.51. The van der Waals surface area contributed by atoms with Crippen molar-refractivity contribution in [2.75, 3.05) is 19.0 Å². The number of aromatic nitrogens is 1. The molecule has 120 valence electrons. The third-order valence-corrected chi connectivity index (χ3v) is 4.07. The number of halogens is 2. The van der Waals surface area contributed by atoms with E-state index in [-0.39, 0.29) is 0 Å². The Bertz CT molecular complexity index is 851. The average molecular weight is 351 g/mol. The summed E-state index contributed by atoms with van der Waals surface area (Å²) in [5, 5.41) is 4.12. The van der Waals surface area contributed by atoms with Gasteiger partial charge in [0, 0.05) is 17.8 Å². The molecule has 0 radical (unpaired) electrons. The van der Waals surface area contributed by atoms with Gasteiger partial charge in [0.05, 0.1) is 17.2 Å². The predicted molar refractivity (Wildman–Crippen MR) is 94.9 cm³/mol. The topological polar surface area (TPSA) is 47.3 Å². The third kappa shape index (κ3) is 2.96. The number of ether oxygens (including phenoxy) is 1. The molecule has 3 aromatic rings. The molecule has 0 aliphatic carbocycles. The minimum Gasteiger partial charge on any atom is -0.494 e. The SMILES string of the molecule is CCNc1cc(C)c2oc(-c3cc(Cl)c(OC)c(Cl)c3)nc2c1. The lowest BCUT2D eigenvalue weighted by Gasteiger charge is -2.06. The normalized spacial score (nSPS) is 11.0.